The number of benzene rings is 1. The molecule has 1 aromatic carbocycles. The minimum Gasteiger partial charge on any atom is -0.490 e. The number of likely N-dealkylation sites (N-methyl/N-ethyl adjacent to an activating group) is 1. The van der Waals surface area contributed by atoms with Gasteiger partial charge in [-0.05, 0) is 18.5 Å². The third kappa shape index (κ3) is 3.03. The van der Waals surface area contributed by atoms with Crippen molar-refractivity contribution in [2.75, 3.05) is 19.8 Å². The molecular formula is C15H23NO2. The van der Waals surface area contributed by atoms with Crippen LogP contribution in [0.1, 0.15) is 32.4 Å². The standard InChI is InChI=1S/C15H23NO2/c1-4-16-15-12-7-5-6-8-13(12)18-10-14(15)17-9-11(2)3/h5-8,11,14-16H,4,9-10H2,1-3H3. The van der Waals surface area contributed by atoms with E-state index in [-0.39, 0.29) is 12.1 Å². The zero-order chi connectivity index (χ0) is 13.0. The molecule has 3 heteroatoms. The van der Waals surface area contributed by atoms with E-state index < -0.39 is 0 Å². The molecule has 0 aliphatic carbocycles. The van der Waals surface area contributed by atoms with Crippen molar-refractivity contribution in [2.45, 2.75) is 32.9 Å². The molecule has 0 aromatic heterocycles. The van der Waals surface area contributed by atoms with Crippen LogP contribution in [0, 0.1) is 5.92 Å². The summed E-state index contributed by atoms with van der Waals surface area (Å²) in [5.41, 5.74) is 1.21. The fourth-order valence-corrected chi connectivity index (χ4v) is 2.26. The molecule has 2 atom stereocenters. The maximum Gasteiger partial charge on any atom is 0.124 e. The Balaban J connectivity index is 2.13. The van der Waals surface area contributed by atoms with E-state index in [4.69, 9.17) is 9.47 Å². The first-order chi connectivity index (χ1) is 8.72. The van der Waals surface area contributed by atoms with Gasteiger partial charge < -0.3 is 14.8 Å². The zero-order valence-corrected chi connectivity index (χ0v) is 11.5. The molecule has 0 spiro atoms. The lowest BCUT2D eigenvalue weighted by atomic mass is 9.98. The summed E-state index contributed by atoms with van der Waals surface area (Å²) in [5, 5.41) is 3.51. The number of fused-ring (bicyclic) bond motifs is 1. The van der Waals surface area contributed by atoms with E-state index in [0.29, 0.717) is 12.5 Å². The van der Waals surface area contributed by atoms with Crippen molar-refractivity contribution in [3.8, 4) is 5.75 Å². The monoisotopic (exact) mass is 249 g/mol. The van der Waals surface area contributed by atoms with E-state index in [2.05, 4.69) is 38.2 Å². The largest absolute Gasteiger partial charge is 0.490 e. The molecule has 1 aliphatic heterocycles. The van der Waals surface area contributed by atoms with Crippen molar-refractivity contribution in [3.63, 3.8) is 0 Å². The van der Waals surface area contributed by atoms with Crippen molar-refractivity contribution in [3.05, 3.63) is 29.8 Å². The second-order valence-corrected chi connectivity index (χ2v) is 5.15. The van der Waals surface area contributed by atoms with Crippen LogP contribution in [0.5, 0.6) is 5.75 Å². The van der Waals surface area contributed by atoms with Crippen LogP contribution in [0.4, 0.5) is 0 Å². The molecule has 0 saturated heterocycles. The van der Waals surface area contributed by atoms with Gasteiger partial charge in [-0.3, -0.25) is 0 Å². The number of hydrogen-bond donors (Lipinski definition) is 1. The van der Waals surface area contributed by atoms with Crippen molar-refractivity contribution < 1.29 is 9.47 Å². The predicted molar refractivity (Wildman–Crippen MR) is 72.9 cm³/mol. The first-order valence-electron chi connectivity index (χ1n) is 6.79. The van der Waals surface area contributed by atoms with Crippen LogP contribution in [0.3, 0.4) is 0 Å². The summed E-state index contributed by atoms with van der Waals surface area (Å²) in [6, 6.07) is 8.44. The van der Waals surface area contributed by atoms with Crippen LogP contribution in [0.2, 0.25) is 0 Å². The molecule has 2 rings (SSSR count). The van der Waals surface area contributed by atoms with Gasteiger partial charge in [0.15, 0.2) is 0 Å². The highest BCUT2D eigenvalue weighted by Gasteiger charge is 2.30. The number of para-hydroxylation sites is 1. The lowest BCUT2D eigenvalue weighted by Gasteiger charge is -2.34. The number of nitrogens with one attached hydrogen (secondary N) is 1. The molecule has 1 aliphatic rings. The maximum absolute atomic E-state index is 5.98. The summed E-state index contributed by atoms with van der Waals surface area (Å²) in [6.07, 6.45) is 0.0993. The first-order valence-corrected chi connectivity index (χ1v) is 6.79. The van der Waals surface area contributed by atoms with Gasteiger partial charge in [-0.1, -0.05) is 39.0 Å². The fourth-order valence-electron chi connectivity index (χ4n) is 2.26. The van der Waals surface area contributed by atoms with Gasteiger partial charge in [0, 0.05) is 12.2 Å². The average Bonchev–Trinajstić information content (AvgIpc) is 2.38. The Morgan fingerprint density at radius 3 is 2.89 bits per heavy atom. The van der Waals surface area contributed by atoms with Crippen molar-refractivity contribution in [1.82, 2.24) is 5.32 Å². The molecule has 0 fully saturated rings. The van der Waals surface area contributed by atoms with E-state index >= 15 is 0 Å². The van der Waals surface area contributed by atoms with Crippen LogP contribution < -0.4 is 10.1 Å². The van der Waals surface area contributed by atoms with E-state index in [0.717, 1.165) is 18.9 Å². The van der Waals surface area contributed by atoms with Crippen molar-refractivity contribution >= 4 is 0 Å². The summed E-state index contributed by atoms with van der Waals surface area (Å²) in [7, 11) is 0. The summed E-state index contributed by atoms with van der Waals surface area (Å²) >= 11 is 0. The maximum atomic E-state index is 5.98. The van der Waals surface area contributed by atoms with Gasteiger partial charge in [0.05, 0.1) is 6.04 Å². The lowest BCUT2D eigenvalue weighted by molar-refractivity contribution is -0.0257. The molecule has 18 heavy (non-hydrogen) atoms. The molecule has 1 aromatic rings. The third-order valence-electron chi connectivity index (χ3n) is 3.10. The third-order valence-corrected chi connectivity index (χ3v) is 3.10. The predicted octanol–water partition coefficient (Wildman–Crippen LogP) is 2.77. The quantitative estimate of drug-likeness (QED) is 0.870. The Hall–Kier alpha value is -1.06. The van der Waals surface area contributed by atoms with Crippen LogP contribution in [-0.2, 0) is 4.74 Å². The molecule has 0 amide bonds. The van der Waals surface area contributed by atoms with Gasteiger partial charge in [0.2, 0.25) is 0 Å². The Kier molecular flexibility index (Phi) is 4.61. The molecule has 0 saturated carbocycles. The van der Waals surface area contributed by atoms with E-state index in [1.54, 1.807) is 0 Å². The Labute approximate surface area is 109 Å². The fraction of sp³-hybridized carbons (Fsp3) is 0.600. The van der Waals surface area contributed by atoms with Crippen LogP contribution in [0.15, 0.2) is 24.3 Å². The van der Waals surface area contributed by atoms with Crippen molar-refractivity contribution in [2.24, 2.45) is 5.92 Å². The molecule has 1 heterocycles. The highest BCUT2D eigenvalue weighted by molar-refractivity contribution is 5.38. The van der Waals surface area contributed by atoms with Gasteiger partial charge in [0.1, 0.15) is 18.5 Å². The lowest BCUT2D eigenvalue weighted by Crippen LogP contribution is -2.41. The van der Waals surface area contributed by atoms with Gasteiger partial charge in [-0.2, -0.15) is 0 Å². The number of hydrogen-bond acceptors (Lipinski definition) is 3. The van der Waals surface area contributed by atoms with E-state index in [1.165, 1.54) is 5.56 Å². The topological polar surface area (TPSA) is 30.5 Å². The summed E-state index contributed by atoms with van der Waals surface area (Å²) in [6.45, 7) is 8.79. The summed E-state index contributed by atoms with van der Waals surface area (Å²) in [4.78, 5) is 0. The van der Waals surface area contributed by atoms with Crippen molar-refractivity contribution in [1.29, 1.82) is 0 Å². The van der Waals surface area contributed by atoms with Crippen LogP contribution >= 0.6 is 0 Å². The molecule has 100 valence electrons. The van der Waals surface area contributed by atoms with Crippen LogP contribution in [-0.4, -0.2) is 25.9 Å². The SMILES string of the molecule is CCNC1c2ccccc2OCC1OCC(C)C. The Morgan fingerprint density at radius 2 is 2.17 bits per heavy atom. The minimum atomic E-state index is 0.0993. The first kappa shape index (κ1) is 13.4. The van der Waals surface area contributed by atoms with Gasteiger partial charge in [-0.25, -0.2) is 0 Å². The molecule has 2 unspecified atom stereocenters. The summed E-state index contributed by atoms with van der Waals surface area (Å²) < 4.78 is 11.8. The molecular weight excluding hydrogens is 226 g/mol. The van der Waals surface area contributed by atoms with Crippen LogP contribution in [0.25, 0.3) is 0 Å². The Bertz CT molecular complexity index is 379. The molecule has 1 N–H and O–H groups in total. The van der Waals surface area contributed by atoms with Gasteiger partial charge in [-0.15, -0.1) is 0 Å². The smallest absolute Gasteiger partial charge is 0.124 e. The normalized spacial score (nSPS) is 22.7. The second-order valence-electron chi connectivity index (χ2n) is 5.15. The molecule has 0 bridgehead atoms. The minimum absolute atomic E-state index is 0.0993. The second kappa shape index (κ2) is 6.21. The number of rotatable bonds is 5. The molecule has 0 radical (unpaired) electrons. The zero-order valence-electron chi connectivity index (χ0n) is 11.5. The van der Waals surface area contributed by atoms with E-state index in [9.17, 15) is 0 Å². The number of ether oxygens (including phenoxy) is 2. The highest BCUT2D eigenvalue weighted by Crippen LogP contribution is 2.33. The van der Waals surface area contributed by atoms with Gasteiger partial charge >= 0.3 is 0 Å². The van der Waals surface area contributed by atoms with E-state index in [1.807, 2.05) is 12.1 Å². The highest BCUT2D eigenvalue weighted by atomic mass is 16.5. The van der Waals surface area contributed by atoms with Gasteiger partial charge in [0.25, 0.3) is 0 Å². The molecule has 3 nitrogen and oxygen atoms in total. The average molecular weight is 249 g/mol. The summed E-state index contributed by atoms with van der Waals surface area (Å²) in [5.74, 6) is 1.53. The Morgan fingerprint density at radius 1 is 1.39 bits per heavy atom.